The zero-order chi connectivity index (χ0) is 18.7. The monoisotopic (exact) mass is 369 g/mol. The molecule has 3 rings (SSSR count). The molecule has 0 saturated heterocycles. The largest absolute Gasteiger partial charge is 0.350 e. The van der Waals surface area contributed by atoms with Gasteiger partial charge in [0.15, 0.2) is 0 Å². The molecule has 1 atom stereocenters. The van der Waals surface area contributed by atoms with Gasteiger partial charge < -0.3 is 15.5 Å². The van der Waals surface area contributed by atoms with E-state index in [1.54, 1.807) is 12.1 Å². The van der Waals surface area contributed by atoms with Crippen molar-refractivity contribution in [2.45, 2.75) is 17.9 Å². The zero-order valence-corrected chi connectivity index (χ0v) is 16.0. The van der Waals surface area contributed by atoms with E-state index in [1.165, 1.54) is 17.3 Å². The Balaban J connectivity index is 1.70. The minimum Gasteiger partial charge on any atom is -0.350 e. The molecule has 2 N–H and O–H groups in total. The summed E-state index contributed by atoms with van der Waals surface area (Å²) in [5, 5.41) is 5.83. The fraction of sp³-hybridized carbons (Fsp3) is 0.300. The SMILES string of the molecule is Cc1ccc([C@@H](CNC(=O)c2ccc3c(c2)NC(=O)CS3)N(C)C)cc1. The molecule has 1 aliphatic heterocycles. The third-order valence-corrected chi connectivity index (χ3v) is 5.49. The van der Waals surface area contributed by atoms with Crippen molar-refractivity contribution in [2.24, 2.45) is 0 Å². The van der Waals surface area contributed by atoms with Crippen molar-refractivity contribution < 1.29 is 9.59 Å². The van der Waals surface area contributed by atoms with Gasteiger partial charge in [0.2, 0.25) is 5.91 Å². The minimum absolute atomic E-state index is 0.0351. The van der Waals surface area contributed by atoms with Crippen LogP contribution in [0.15, 0.2) is 47.4 Å². The molecule has 0 saturated carbocycles. The summed E-state index contributed by atoms with van der Waals surface area (Å²) in [5.74, 6) is 0.239. The Labute approximate surface area is 158 Å². The number of likely N-dealkylation sites (N-methyl/N-ethyl adjacent to an activating group) is 1. The molecular weight excluding hydrogens is 346 g/mol. The second kappa shape index (κ2) is 7.93. The van der Waals surface area contributed by atoms with Crippen molar-refractivity contribution in [2.75, 3.05) is 31.7 Å². The molecule has 1 aliphatic rings. The Hall–Kier alpha value is -2.31. The number of rotatable bonds is 5. The Morgan fingerprint density at radius 1 is 1.23 bits per heavy atom. The number of thioether (sulfide) groups is 1. The molecule has 0 bridgehead atoms. The van der Waals surface area contributed by atoms with E-state index in [0.717, 1.165) is 10.5 Å². The molecule has 1 heterocycles. The molecular formula is C20H23N3O2S. The van der Waals surface area contributed by atoms with E-state index in [2.05, 4.69) is 46.7 Å². The van der Waals surface area contributed by atoms with Gasteiger partial charge in [0.05, 0.1) is 17.5 Å². The van der Waals surface area contributed by atoms with Crippen LogP contribution >= 0.6 is 11.8 Å². The molecule has 0 spiro atoms. The van der Waals surface area contributed by atoms with E-state index >= 15 is 0 Å². The summed E-state index contributed by atoms with van der Waals surface area (Å²) in [6.45, 7) is 2.57. The second-order valence-electron chi connectivity index (χ2n) is 6.65. The number of carbonyl (C=O) groups excluding carboxylic acids is 2. The van der Waals surface area contributed by atoms with Crippen LogP contribution in [0, 0.1) is 6.92 Å². The first-order chi connectivity index (χ1) is 12.4. The predicted molar refractivity (Wildman–Crippen MR) is 106 cm³/mol. The number of fused-ring (bicyclic) bond motifs is 1. The van der Waals surface area contributed by atoms with E-state index in [0.29, 0.717) is 23.5 Å². The minimum atomic E-state index is -0.142. The van der Waals surface area contributed by atoms with Crippen LogP contribution in [0.3, 0.4) is 0 Å². The summed E-state index contributed by atoms with van der Waals surface area (Å²) < 4.78 is 0. The zero-order valence-electron chi connectivity index (χ0n) is 15.2. The van der Waals surface area contributed by atoms with Crippen LogP contribution in [0.4, 0.5) is 5.69 Å². The summed E-state index contributed by atoms with van der Waals surface area (Å²) in [6, 6.07) is 13.9. The van der Waals surface area contributed by atoms with Crippen LogP contribution in [-0.2, 0) is 4.79 Å². The Kier molecular flexibility index (Phi) is 5.64. The first kappa shape index (κ1) is 18.5. The van der Waals surface area contributed by atoms with E-state index in [4.69, 9.17) is 0 Å². The van der Waals surface area contributed by atoms with Crippen LogP contribution < -0.4 is 10.6 Å². The predicted octanol–water partition coefficient (Wildman–Crippen LogP) is 3.07. The lowest BCUT2D eigenvalue weighted by atomic mass is 10.0. The highest BCUT2D eigenvalue weighted by Gasteiger charge is 2.19. The number of aryl methyl sites for hydroxylation is 1. The maximum absolute atomic E-state index is 12.6. The van der Waals surface area contributed by atoms with Gasteiger partial charge in [-0.2, -0.15) is 0 Å². The van der Waals surface area contributed by atoms with Crippen LogP contribution in [-0.4, -0.2) is 43.1 Å². The van der Waals surface area contributed by atoms with Crippen molar-refractivity contribution in [1.82, 2.24) is 10.2 Å². The molecule has 0 aromatic heterocycles. The average Bonchev–Trinajstić information content (AvgIpc) is 2.62. The number of hydrogen-bond acceptors (Lipinski definition) is 4. The molecule has 2 amide bonds. The van der Waals surface area contributed by atoms with Crippen LogP contribution in [0.25, 0.3) is 0 Å². The molecule has 0 radical (unpaired) electrons. The lowest BCUT2D eigenvalue weighted by Gasteiger charge is -2.25. The van der Waals surface area contributed by atoms with E-state index in [1.807, 2.05) is 20.2 Å². The summed E-state index contributed by atoms with van der Waals surface area (Å²) in [7, 11) is 4.00. The second-order valence-corrected chi connectivity index (χ2v) is 7.67. The lowest BCUT2D eigenvalue weighted by molar-refractivity contribution is -0.113. The molecule has 0 fully saturated rings. The first-order valence-corrected chi connectivity index (χ1v) is 9.50. The summed E-state index contributed by atoms with van der Waals surface area (Å²) >= 11 is 1.49. The van der Waals surface area contributed by atoms with Gasteiger partial charge in [-0.3, -0.25) is 9.59 Å². The summed E-state index contributed by atoms with van der Waals surface area (Å²) in [6.07, 6.45) is 0. The van der Waals surface area contributed by atoms with E-state index in [9.17, 15) is 9.59 Å². The Morgan fingerprint density at radius 3 is 2.65 bits per heavy atom. The fourth-order valence-electron chi connectivity index (χ4n) is 2.90. The molecule has 5 nitrogen and oxygen atoms in total. The number of nitrogens with zero attached hydrogens (tertiary/aromatic N) is 1. The smallest absolute Gasteiger partial charge is 0.251 e. The van der Waals surface area contributed by atoms with Gasteiger partial charge in [-0.1, -0.05) is 29.8 Å². The van der Waals surface area contributed by atoms with Crippen molar-refractivity contribution in [1.29, 1.82) is 0 Å². The number of benzene rings is 2. The summed E-state index contributed by atoms with van der Waals surface area (Å²) in [4.78, 5) is 27.2. The lowest BCUT2D eigenvalue weighted by Crippen LogP contribution is -2.34. The third-order valence-electron chi connectivity index (χ3n) is 4.42. The quantitative estimate of drug-likeness (QED) is 0.850. The van der Waals surface area contributed by atoms with Gasteiger partial charge in [-0.05, 0) is 44.8 Å². The van der Waals surface area contributed by atoms with Crippen molar-refractivity contribution >= 4 is 29.3 Å². The highest BCUT2D eigenvalue weighted by Crippen LogP contribution is 2.32. The molecule has 6 heteroatoms. The fourth-order valence-corrected chi connectivity index (χ4v) is 3.69. The Bertz CT molecular complexity index is 818. The number of carbonyl (C=O) groups is 2. The normalized spacial score (nSPS) is 14.5. The molecule has 0 unspecified atom stereocenters. The van der Waals surface area contributed by atoms with Gasteiger partial charge in [-0.25, -0.2) is 0 Å². The molecule has 0 aliphatic carbocycles. The standard InChI is InChI=1S/C20H23N3O2S/c1-13-4-6-14(7-5-13)17(23(2)3)11-21-20(25)15-8-9-18-16(10-15)22-19(24)12-26-18/h4-10,17H,11-12H2,1-3H3,(H,21,25)(H,22,24)/t17-/m1/s1. The average molecular weight is 369 g/mol. The van der Waals surface area contributed by atoms with Crippen molar-refractivity contribution in [3.8, 4) is 0 Å². The molecule has 136 valence electrons. The number of nitrogens with one attached hydrogen (secondary N) is 2. The van der Waals surface area contributed by atoms with Gasteiger partial charge in [0.1, 0.15) is 0 Å². The topological polar surface area (TPSA) is 61.4 Å². The molecule has 2 aromatic carbocycles. The van der Waals surface area contributed by atoms with Crippen LogP contribution in [0.5, 0.6) is 0 Å². The summed E-state index contributed by atoms with van der Waals surface area (Å²) in [5.41, 5.74) is 3.63. The Morgan fingerprint density at radius 2 is 1.96 bits per heavy atom. The highest BCUT2D eigenvalue weighted by molar-refractivity contribution is 8.00. The van der Waals surface area contributed by atoms with Crippen LogP contribution in [0.1, 0.15) is 27.5 Å². The molecule has 2 aromatic rings. The number of hydrogen-bond donors (Lipinski definition) is 2. The molecule has 26 heavy (non-hydrogen) atoms. The van der Waals surface area contributed by atoms with E-state index < -0.39 is 0 Å². The van der Waals surface area contributed by atoms with Crippen molar-refractivity contribution in [3.63, 3.8) is 0 Å². The van der Waals surface area contributed by atoms with Gasteiger partial charge in [-0.15, -0.1) is 11.8 Å². The van der Waals surface area contributed by atoms with Crippen molar-refractivity contribution in [3.05, 3.63) is 59.2 Å². The third kappa shape index (κ3) is 4.26. The van der Waals surface area contributed by atoms with Gasteiger partial charge in [0, 0.05) is 17.0 Å². The van der Waals surface area contributed by atoms with E-state index in [-0.39, 0.29) is 17.9 Å². The van der Waals surface area contributed by atoms with Crippen LogP contribution in [0.2, 0.25) is 0 Å². The highest BCUT2D eigenvalue weighted by atomic mass is 32.2. The van der Waals surface area contributed by atoms with Gasteiger partial charge in [0.25, 0.3) is 5.91 Å². The number of anilines is 1. The number of amides is 2. The first-order valence-electron chi connectivity index (χ1n) is 8.52. The van der Waals surface area contributed by atoms with Gasteiger partial charge >= 0.3 is 0 Å². The maximum atomic E-state index is 12.6. The maximum Gasteiger partial charge on any atom is 0.251 e.